The van der Waals surface area contributed by atoms with Crippen LogP contribution in [-0.4, -0.2) is 41.1 Å². The van der Waals surface area contributed by atoms with Crippen LogP contribution in [0.3, 0.4) is 0 Å². The molecule has 0 bridgehead atoms. The Morgan fingerprint density at radius 3 is 2.51 bits per heavy atom. The van der Waals surface area contributed by atoms with E-state index in [9.17, 15) is 14.4 Å². The number of nitrogens with zero attached hydrogens (tertiary/aromatic N) is 1. The molecule has 5 heteroatoms. The van der Waals surface area contributed by atoms with Crippen LogP contribution in [-0.2, 0) is 16.0 Å². The van der Waals surface area contributed by atoms with Crippen molar-refractivity contribution in [3.8, 4) is 0 Å². The van der Waals surface area contributed by atoms with Crippen LogP contribution in [0.4, 0.5) is 0 Å². The number of piperidine rings is 1. The zero-order valence-corrected chi connectivity index (χ0v) is 20.0. The van der Waals surface area contributed by atoms with E-state index in [1.807, 2.05) is 47.4 Å². The summed E-state index contributed by atoms with van der Waals surface area (Å²) in [6.45, 7) is 1.18. The van der Waals surface area contributed by atoms with E-state index in [1.165, 1.54) is 16.3 Å². The average molecular weight is 469 g/mol. The Kier molecular flexibility index (Phi) is 6.67. The molecular weight excluding hydrogens is 436 g/mol. The van der Waals surface area contributed by atoms with Crippen LogP contribution < -0.4 is 5.32 Å². The summed E-state index contributed by atoms with van der Waals surface area (Å²) in [5.74, 6) is 0.117. The third-order valence-corrected chi connectivity index (χ3v) is 7.61. The molecule has 0 spiro atoms. The maximum Gasteiger partial charge on any atom is 0.222 e. The van der Waals surface area contributed by atoms with Crippen molar-refractivity contribution >= 4 is 28.4 Å². The molecule has 5 nitrogen and oxygen atoms in total. The van der Waals surface area contributed by atoms with Gasteiger partial charge >= 0.3 is 0 Å². The van der Waals surface area contributed by atoms with Crippen LogP contribution in [0.15, 0.2) is 72.8 Å². The van der Waals surface area contributed by atoms with Crippen LogP contribution in [0, 0.1) is 5.92 Å². The summed E-state index contributed by atoms with van der Waals surface area (Å²) in [5, 5.41) is 5.59. The Morgan fingerprint density at radius 1 is 0.971 bits per heavy atom. The van der Waals surface area contributed by atoms with Gasteiger partial charge in [-0.05, 0) is 48.4 Å². The Labute approximate surface area is 206 Å². The van der Waals surface area contributed by atoms with Gasteiger partial charge in [-0.25, -0.2) is 0 Å². The number of ketones is 1. The number of rotatable bonds is 7. The van der Waals surface area contributed by atoms with Gasteiger partial charge in [-0.2, -0.15) is 0 Å². The number of fused-ring (bicyclic) bond motifs is 1. The first kappa shape index (κ1) is 23.3. The lowest BCUT2D eigenvalue weighted by atomic mass is 9.84. The van der Waals surface area contributed by atoms with Gasteiger partial charge in [-0.15, -0.1) is 0 Å². The lowest BCUT2D eigenvalue weighted by molar-refractivity contribution is -0.133. The number of hydrogen-bond acceptors (Lipinski definition) is 3. The van der Waals surface area contributed by atoms with Gasteiger partial charge in [0, 0.05) is 43.0 Å². The highest BCUT2D eigenvalue weighted by Gasteiger charge is 2.38. The molecule has 2 saturated heterocycles. The number of nitrogens with one attached hydrogen (secondary N) is 1. The lowest BCUT2D eigenvalue weighted by Crippen LogP contribution is -2.46. The van der Waals surface area contributed by atoms with E-state index < -0.39 is 5.54 Å². The van der Waals surface area contributed by atoms with Gasteiger partial charge in [0.2, 0.25) is 11.8 Å². The van der Waals surface area contributed by atoms with Crippen LogP contribution in [0.25, 0.3) is 10.8 Å². The second-order valence-electron chi connectivity index (χ2n) is 10.1. The van der Waals surface area contributed by atoms with Crippen molar-refractivity contribution < 1.29 is 14.4 Å². The maximum atomic E-state index is 13.2. The summed E-state index contributed by atoms with van der Waals surface area (Å²) in [7, 11) is 0. The largest absolute Gasteiger partial charge is 0.350 e. The predicted octanol–water partition coefficient (Wildman–Crippen LogP) is 4.93. The highest BCUT2D eigenvalue weighted by atomic mass is 16.2. The van der Waals surface area contributed by atoms with E-state index >= 15 is 0 Å². The molecule has 0 radical (unpaired) electrons. The van der Waals surface area contributed by atoms with E-state index in [2.05, 4.69) is 35.6 Å². The molecule has 0 saturated carbocycles. The minimum absolute atomic E-state index is 0.0599. The third-order valence-electron chi connectivity index (χ3n) is 7.61. The van der Waals surface area contributed by atoms with Crippen molar-refractivity contribution in [3.63, 3.8) is 0 Å². The topological polar surface area (TPSA) is 66.5 Å². The second-order valence-corrected chi connectivity index (χ2v) is 10.1. The van der Waals surface area contributed by atoms with Gasteiger partial charge in [0.1, 0.15) is 0 Å². The second kappa shape index (κ2) is 10.0. The Bertz CT molecular complexity index is 1240. The summed E-state index contributed by atoms with van der Waals surface area (Å²) < 4.78 is 0. The quantitative estimate of drug-likeness (QED) is 0.500. The number of hydrogen-bond donors (Lipinski definition) is 1. The van der Waals surface area contributed by atoms with E-state index in [-0.39, 0.29) is 23.5 Å². The summed E-state index contributed by atoms with van der Waals surface area (Å²) in [6, 6.07) is 24.1. The lowest BCUT2D eigenvalue weighted by Gasteiger charge is -2.34. The average Bonchev–Trinajstić information content (AvgIpc) is 3.27. The van der Waals surface area contributed by atoms with Crippen molar-refractivity contribution in [2.75, 3.05) is 13.1 Å². The van der Waals surface area contributed by atoms with Gasteiger partial charge in [0.25, 0.3) is 0 Å². The van der Waals surface area contributed by atoms with E-state index in [0.29, 0.717) is 38.8 Å². The van der Waals surface area contributed by atoms with Crippen LogP contribution in [0.2, 0.25) is 0 Å². The zero-order valence-electron chi connectivity index (χ0n) is 20.0. The molecule has 180 valence electrons. The fraction of sp³-hybridized carbons (Fsp3) is 0.367. The van der Waals surface area contributed by atoms with E-state index in [4.69, 9.17) is 0 Å². The molecule has 1 N–H and O–H groups in total. The van der Waals surface area contributed by atoms with Gasteiger partial charge < -0.3 is 10.2 Å². The first-order valence-corrected chi connectivity index (χ1v) is 12.7. The molecule has 3 aromatic carbocycles. The fourth-order valence-electron chi connectivity index (χ4n) is 5.68. The summed E-state index contributed by atoms with van der Waals surface area (Å²) >= 11 is 0. The van der Waals surface area contributed by atoms with Gasteiger partial charge in [-0.1, -0.05) is 72.8 Å². The van der Waals surface area contributed by atoms with Crippen molar-refractivity contribution in [2.24, 2.45) is 5.92 Å². The highest BCUT2D eigenvalue weighted by molar-refractivity contribution is 5.98. The molecule has 2 fully saturated rings. The summed E-state index contributed by atoms with van der Waals surface area (Å²) in [6.07, 6.45) is 4.60. The zero-order chi connectivity index (χ0) is 24.3. The van der Waals surface area contributed by atoms with Crippen LogP contribution in [0.1, 0.15) is 54.4 Å². The smallest absolute Gasteiger partial charge is 0.222 e. The molecule has 2 heterocycles. The number of amides is 2. The van der Waals surface area contributed by atoms with Crippen LogP contribution >= 0.6 is 0 Å². The third kappa shape index (κ3) is 5.29. The van der Waals surface area contributed by atoms with Crippen molar-refractivity contribution in [3.05, 3.63) is 83.9 Å². The molecule has 5 rings (SSSR count). The maximum absolute atomic E-state index is 13.2. The standard InChI is InChI=1S/C30H32N2O3/c33-27-14-16-30(31-27,20-22-12-13-23-7-4-5-10-25(23)19-22)17-15-28(34)32-18-6-11-26(21-32)29(35)24-8-2-1-3-9-24/h1-5,7-10,12-13,19,26H,6,11,14-18,20-21H2,(H,31,33)/t26-,30-/m0/s1. The molecule has 3 aromatic rings. The Balaban J connectivity index is 1.24. The minimum atomic E-state index is -0.399. The number of Topliss-reactive ketones (excluding diaryl/α,β-unsaturated/α-hetero) is 1. The molecular formula is C30H32N2O3. The summed E-state index contributed by atoms with van der Waals surface area (Å²) in [4.78, 5) is 40.2. The molecule has 2 aliphatic heterocycles. The van der Waals surface area contributed by atoms with Crippen molar-refractivity contribution in [2.45, 2.75) is 50.5 Å². The first-order valence-electron chi connectivity index (χ1n) is 12.7. The summed E-state index contributed by atoms with van der Waals surface area (Å²) in [5.41, 5.74) is 1.49. The van der Waals surface area contributed by atoms with Crippen molar-refractivity contribution in [1.29, 1.82) is 0 Å². The fourth-order valence-corrected chi connectivity index (χ4v) is 5.68. The molecule has 2 aliphatic rings. The van der Waals surface area contributed by atoms with Crippen molar-refractivity contribution in [1.82, 2.24) is 10.2 Å². The Morgan fingerprint density at radius 2 is 1.74 bits per heavy atom. The normalized spacial score (nSPS) is 22.2. The molecule has 0 aromatic heterocycles. The molecule has 2 amide bonds. The molecule has 35 heavy (non-hydrogen) atoms. The number of likely N-dealkylation sites (tertiary alicyclic amines) is 1. The number of carbonyl (C=O) groups is 3. The number of carbonyl (C=O) groups excluding carboxylic acids is 3. The Hall–Kier alpha value is -3.47. The minimum Gasteiger partial charge on any atom is -0.350 e. The number of benzene rings is 3. The monoisotopic (exact) mass is 468 g/mol. The van der Waals surface area contributed by atoms with E-state index in [0.717, 1.165) is 24.8 Å². The first-order chi connectivity index (χ1) is 17.0. The molecule has 0 unspecified atom stereocenters. The SMILES string of the molecule is O=C1CC[C@](CCC(=O)N2CCC[C@H](C(=O)c3ccccc3)C2)(Cc2ccc3ccccc3c2)N1. The molecule has 0 aliphatic carbocycles. The molecule has 2 atom stereocenters. The van der Waals surface area contributed by atoms with Crippen LogP contribution in [0.5, 0.6) is 0 Å². The van der Waals surface area contributed by atoms with Gasteiger partial charge in [-0.3, -0.25) is 14.4 Å². The van der Waals surface area contributed by atoms with E-state index in [1.54, 1.807) is 0 Å². The predicted molar refractivity (Wildman–Crippen MR) is 137 cm³/mol. The van der Waals surface area contributed by atoms with Gasteiger partial charge in [0.15, 0.2) is 5.78 Å². The highest BCUT2D eigenvalue weighted by Crippen LogP contribution is 2.31. The van der Waals surface area contributed by atoms with Gasteiger partial charge in [0.05, 0.1) is 0 Å².